The summed E-state index contributed by atoms with van der Waals surface area (Å²) in [7, 11) is 0. The molecule has 0 radical (unpaired) electrons. The molecule has 0 amide bonds. The standard InChI is InChI=1S/C48H36N2/c1-29-41(26-24-36-35-19-11-12-20-40(35)48(2,3)46(29)36)50-43-28-39-44(27-38(43)37-23-21-31-14-8-10-18-34(31)47(37)50)49(32-15-5-4-6-16-32)42-25-22-30-13-7-9-17-33(30)45(39)42/h4-29,41H,1-3H3. The third-order valence-electron chi connectivity index (χ3n) is 12.1. The summed E-state index contributed by atoms with van der Waals surface area (Å²) in [5.41, 5.74) is 12.0. The fraction of sp³-hybridized carbons (Fsp3) is 0.125. The zero-order valence-corrected chi connectivity index (χ0v) is 28.5. The Balaban J connectivity index is 1.28. The molecule has 11 rings (SSSR count). The number of aromatic nitrogens is 2. The van der Waals surface area contributed by atoms with Crippen molar-refractivity contribution in [3.8, 4) is 5.69 Å². The summed E-state index contributed by atoms with van der Waals surface area (Å²) in [5, 5.41) is 10.4. The average Bonchev–Trinajstić information content (AvgIpc) is 3.74. The first kappa shape index (κ1) is 28.0. The van der Waals surface area contributed by atoms with E-state index in [1.807, 2.05) is 0 Å². The van der Waals surface area contributed by atoms with E-state index >= 15 is 0 Å². The highest BCUT2D eigenvalue weighted by molar-refractivity contribution is 6.26. The normalized spacial score (nSPS) is 18.3. The largest absolute Gasteiger partial charge is 0.332 e. The van der Waals surface area contributed by atoms with Gasteiger partial charge in [0, 0.05) is 44.0 Å². The quantitative estimate of drug-likeness (QED) is 0.178. The summed E-state index contributed by atoms with van der Waals surface area (Å²) in [5.74, 6) is 0.303. The van der Waals surface area contributed by atoms with Crippen molar-refractivity contribution >= 4 is 70.7 Å². The van der Waals surface area contributed by atoms with Gasteiger partial charge in [0.25, 0.3) is 0 Å². The molecule has 7 aromatic carbocycles. The van der Waals surface area contributed by atoms with Crippen LogP contribution < -0.4 is 0 Å². The molecule has 0 saturated carbocycles. The number of benzene rings is 7. The van der Waals surface area contributed by atoms with Gasteiger partial charge in [0.05, 0.1) is 28.1 Å². The van der Waals surface area contributed by atoms with Crippen molar-refractivity contribution in [2.45, 2.75) is 32.2 Å². The summed E-state index contributed by atoms with van der Waals surface area (Å²) in [6.07, 6.45) is 4.93. The first-order chi connectivity index (χ1) is 24.5. The van der Waals surface area contributed by atoms with Gasteiger partial charge in [-0.1, -0.05) is 142 Å². The highest BCUT2D eigenvalue weighted by Crippen LogP contribution is 2.55. The molecule has 2 aliphatic rings. The van der Waals surface area contributed by atoms with Crippen molar-refractivity contribution in [1.82, 2.24) is 9.13 Å². The summed E-state index contributed by atoms with van der Waals surface area (Å²) < 4.78 is 5.17. The lowest BCUT2D eigenvalue weighted by molar-refractivity contribution is 0.434. The van der Waals surface area contributed by atoms with Crippen LogP contribution in [0.2, 0.25) is 0 Å². The lowest BCUT2D eigenvalue weighted by Crippen LogP contribution is -2.28. The summed E-state index contributed by atoms with van der Waals surface area (Å²) in [6.45, 7) is 7.32. The van der Waals surface area contributed by atoms with Crippen molar-refractivity contribution in [2.24, 2.45) is 5.92 Å². The Kier molecular flexibility index (Phi) is 5.53. The molecule has 2 heteroatoms. The van der Waals surface area contributed by atoms with E-state index in [0.717, 1.165) is 0 Å². The van der Waals surface area contributed by atoms with E-state index in [0.29, 0.717) is 5.92 Å². The fourth-order valence-electron chi connectivity index (χ4n) is 9.98. The lowest BCUT2D eigenvalue weighted by atomic mass is 9.72. The van der Waals surface area contributed by atoms with Crippen LogP contribution in [0.4, 0.5) is 0 Å². The topological polar surface area (TPSA) is 9.86 Å². The Bertz CT molecular complexity index is 2960. The third kappa shape index (κ3) is 3.53. The van der Waals surface area contributed by atoms with Gasteiger partial charge >= 0.3 is 0 Å². The zero-order chi connectivity index (χ0) is 33.3. The first-order valence-electron chi connectivity index (χ1n) is 17.9. The maximum Gasteiger partial charge on any atom is 0.0589 e. The number of hydrogen-bond acceptors (Lipinski definition) is 0. The van der Waals surface area contributed by atoms with E-state index in [4.69, 9.17) is 0 Å². The Morgan fingerprint density at radius 3 is 2.08 bits per heavy atom. The molecule has 2 atom stereocenters. The van der Waals surface area contributed by atoms with Crippen LogP contribution in [0.15, 0.2) is 157 Å². The maximum atomic E-state index is 2.70. The summed E-state index contributed by atoms with van der Waals surface area (Å²) >= 11 is 0. The first-order valence-corrected chi connectivity index (χ1v) is 17.9. The molecule has 50 heavy (non-hydrogen) atoms. The fourth-order valence-corrected chi connectivity index (χ4v) is 9.98. The molecule has 9 aromatic rings. The average molecular weight is 641 g/mol. The number of hydrogen-bond donors (Lipinski definition) is 0. The van der Waals surface area contributed by atoms with E-state index in [1.54, 1.807) is 5.57 Å². The molecule has 0 saturated heterocycles. The van der Waals surface area contributed by atoms with Crippen LogP contribution in [0.25, 0.3) is 76.4 Å². The minimum atomic E-state index is -0.0372. The van der Waals surface area contributed by atoms with Gasteiger partial charge in [-0.2, -0.15) is 0 Å². The molecular weight excluding hydrogens is 605 g/mol. The van der Waals surface area contributed by atoms with E-state index in [2.05, 4.69) is 182 Å². The van der Waals surface area contributed by atoms with Crippen LogP contribution in [-0.4, -0.2) is 9.13 Å². The monoisotopic (exact) mass is 640 g/mol. The van der Waals surface area contributed by atoms with Gasteiger partial charge in [0.2, 0.25) is 0 Å². The Morgan fingerprint density at radius 2 is 1.24 bits per heavy atom. The van der Waals surface area contributed by atoms with E-state index in [-0.39, 0.29) is 11.5 Å². The van der Waals surface area contributed by atoms with Gasteiger partial charge in [-0.25, -0.2) is 0 Å². The summed E-state index contributed by atoms with van der Waals surface area (Å²) in [6, 6.07) is 52.1. The van der Waals surface area contributed by atoms with Gasteiger partial charge in [0.15, 0.2) is 0 Å². The van der Waals surface area contributed by atoms with E-state index in [9.17, 15) is 0 Å². The smallest absolute Gasteiger partial charge is 0.0589 e. The van der Waals surface area contributed by atoms with Crippen LogP contribution in [0.1, 0.15) is 37.9 Å². The number of nitrogens with zero attached hydrogens (tertiary/aromatic N) is 2. The Labute approximate surface area is 291 Å². The molecule has 0 fully saturated rings. The molecule has 238 valence electrons. The number of allylic oxidation sites excluding steroid dienone is 4. The van der Waals surface area contributed by atoms with Crippen molar-refractivity contribution in [3.63, 3.8) is 0 Å². The molecular formula is C48H36N2. The molecule has 0 spiro atoms. The second-order valence-corrected chi connectivity index (χ2v) is 14.9. The van der Waals surface area contributed by atoms with Crippen molar-refractivity contribution < 1.29 is 0 Å². The molecule has 2 aliphatic carbocycles. The molecule has 2 aromatic heterocycles. The van der Waals surface area contributed by atoms with Gasteiger partial charge in [-0.05, 0) is 68.8 Å². The number of fused-ring (bicyclic) bond motifs is 12. The molecule has 0 aliphatic heterocycles. The van der Waals surface area contributed by atoms with Crippen molar-refractivity contribution in [3.05, 3.63) is 168 Å². The van der Waals surface area contributed by atoms with Crippen molar-refractivity contribution in [1.29, 1.82) is 0 Å². The van der Waals surface area contributed by atoms with Crippen LogP contribution in [0.3, 0.4) is 0 Å². The third-order valence-corrected chi connectivity index (χ3v) is 12.1. The lowest BCUT2D eigenvalue weighted by Gasteiger charge is -2.36. The van der Waals surface area contributed by atoms with Gasteiger partial charge in [-0.15, -0.1) is 0 Å². The molecule has 2 nitrogen and oxygen atoms in total. The van der Waals surface area contributed by atoms with E-state index < -0.39 is 0 Å². The Hall–Kier alpha value is -5.86. The second-order valence-electron chi connectivity index (χ2n) is 14.9. The highest BCUT2D eigenvalue weighted by atomic mass is 15.0. The van der Waals surface area contributed by atoms with Crippen LogP contribution >= 0.6 is 0 Å². The van der Waals surface area contributed by atoms with Crippen molar-refractivity contribution in [2.75, 3.05) is 0 Å². The maximum absolute atomic E-state index is 2.70. The number of rotatable bonds is 2. The zero-order valence-electron chi connectivity index (χ0n) is 28.5. The predicted molar refractivity (Wildman–Crippen MR) is 213 cm³/mol. The molecule has 2 unspecified atom stereocenters. The van der Waals surface area contributed by atoms with Crippen LogP contribution in [0, 0.1) is 5.92 Å². The van der Waals surface area contributed by atoms with Crippen LogP contribution in [-0.2, 0) is 5.41 Å². The van der Waals surface area contributed by atoms with E-state index in [1.165, 1.54) is 87.5 Å². The second kappa shape index (κ2) is 9.86. The van der Waals surface area contributed by atoms with Gasteiger partial charge < -0.3 is 9.13 Å². The highest BCUT2D eigenvalue weighted by Gasteiger charge is 2.43. The summed E-state index contributed by atoms with van der Waals surface area (Å²) in [4.78, 5) is 0. The molecule has 0 bridgehead atoms. The van der Waals surface area contributed by atoms with Crippen LogP contribution in [0.5, 0.6) is 0 Å². The van der Waals surface area contributed by atoms with Gasteiger partial charge in [-0.3, -0.25) is 0 Å². The number of para-hydroxylation sites is 1. The SMILES string of the molecule is CC1C2=C(C=CC1n1c3cc4c5c6ccccc6ccc5n(-c5ccccc5)c4cc3c3ccc4ccccc4c31)c1ccccc1C2(C)C. The minimum absolute atomic E-state index is 0.0372. The molecule has 0 N–H and O–H groups in total. The Morgan fingerprint density at radius 1 is 0.560 bits per heavy atom. The van der Waals surface area contributed by atoms with Gasteiger partial charge in [0.1, 0.15) is 0 Å². The minimum Gasteiger partial charge on any atom is -0.332 e. The predicted octanol–water partition coefficient (Wildman–Crippen LogP) is 12.7. The molecule has 2 heterocycles.